The van der Waals surface area contributed by atoms with Crippen molar-refractivity contribution in [2.24, 2.45) is 0 Å². The zero-order chi connectivity index (χ0) is 17.4. The third-order valence-corrected chi connectivity index (χ3v) is 5.65. The molecule has 2 heterocycles. The topological polar surface area (TPSA) is 42.3 Å². The molecular weight excluding hydrogens is 312 g/mol. The van der Waals surface area contributed by atoms with Crippen LogP contribution in [0.1, 0.15) is 59.4 Å². The van der Waals surface area contributed by atoms with Crippen LogP contribution in [0.2, 0.25) is 0 Å². The molecule has 1 atom stereocenters. The molecule has 1 aliphatic heterocycles. The lowest BCUT2D eigenvalue weighted by atomic mass is 10.0. The molecule has 1 amide bonds. The van der Waals surface area contributed by atoms with E-state index in [-0.39, 0.29) is 17.7 Å². The second kappa shape index (κ2) is 6.51. The summed E-state index contributed by atoms with van der Waals surface area (Å²) in [5.41, 5.74) is 4.61. The first-order chi connectivity index (χ1) is 12.1. The number of carbonyl (C=O) groups excluding carboxylic acids is 2. The summed E-state index contributed by atoms with van der Waals surface area (Å²) in [6, 6.07) is 10.2. The van der Waals surface area contributed by atoms with Crippen LogP contribution < -0.4 is 0 Å². The molecule has 4 rings (SSSR count). The van der Waals surface area contributed by atoms with E-state index in [1.54, 1.807) is 0 Å². The average molecular weight is 336 g/mol. The lowest BCUT2D eigenvalue weighted by molar-refractivity contribution is -0.134. The molecule has 0 unspecified atom stereocenters. The smallest absolute Gasteiger partial charge is 0.223 e. The summed E-state index contributed by atoms with van der Waals surface area (Å²) in [6.07, 6.45) is 6.02. The minimum absolute atomic E-state index is 0.0753. The molecule has 0 saturated carbocycles. The molecule has 1 aromatic carbocycles. The van der Waals surface area contributed by atoms with Gasteiger partial charge in [-0.1, -0.05) is 12.1 Å². The fourth-order valence-corrected chi connectivity index (χ4v) is 4.17. The Morgan fingerprint density at radius 2 is 1.92 bits per heavy atom. The summed E-state index contributed by atoms with van der Waals surface area (Å²) in [6.45, 7) is 3.61. The SMILES string of the molecule is C[C@H]1c2cccn2CCN1C(=O)CCC(=O)c1ccc2c(c1)CCC2. The summed E-state index contributed by atoms with van der Waals surface area (Å²) in [5, 5.41) is 0. The van der Waals surface area contributed by atoms with Crippen LogP contribution in [0, 0.1) is 0 Å². The average Bonchev–Trinajstić information content (AvgIpc) is 3.28. The van der Waals surface area contributed by atoms with Gasteiger partial charge in [0.2, 0.25) is 5.91 Å². The highest BCUT2D eigenvalue weighted by Gasteiger charge is 2.27. The van der Waals surface area contributed by atoms with Crippen molar-refractivity contribution < 1.29 is 9.59 Å². The number of benzene rings is 1. The number of hydrogen-bond acceptors (Lipinski definition) is 2. The second-order valence-corrected chi connectivity index (χ2v) is 7.15. The maximum Gasteiger partial charge on any atom is 0.223 e. The largest absolute Gasteiger partial charge is 0.348 e. The first kappa shape index (κ1) is 16.1. The van der Waals surface area contributed by atoms with Crippen LogP contribution >= 0.6 is 0 Å². The van der Waals surface area contributed by atoms with Crippen molar-refractivity contribution >= 4 is 11.7 Å². The van der Waals surface area contributed by atoms with Gasteiger partial charge in [0.15, 0.2) is 5.78 Å². The Labute approximate surface area is 148 Å². The Hall–Kier alpha value is -2.36. The Kier molecular flexibility index (Phi) is 4.20. The second-order valence-electron chi connectivity index (χ2n) is 7.15. The molecule has 130 valence electrons. The minimum Gasteiger partial charge on any atom is -0.348 e. The third-order valence-electron chi connectivity index (χ3n) is 5.65. The predicted octanol–water partition coefficient (Wildman–Crippen LogP) is 3.54. The maximum absolute atomic E-state index is 12.6. The van der Waals surface area contributed by atoms with E-state index in [4.69, 9.17) is 0 Å². The van der Waals surface area contributed by atoms with Crippen molar-refractivity contribution in [1.82, 2.24) is 9.47 Å². The van der Waals surface area contributed by atoms with Crippen LogP contribution in [-0.2, 0) is 24.2 Å². The number of carbonyl (C=O) groups is 2. The first-order valence-corrected chi connectivity index (χ1v) is 9.23. The number of nitrogens with zero attached hydrogens (tertiary/aromatic N) is 2. The van der Waals surface area contributed by atoms with Crippen molar-refractivity contribution in [1.29, 1.82) is 0 Å². The molecule has 0 radical (unpaired) electrons. The molecule has 0 N–H and O–H groups in total. The zero-order valence-corrected chi connectivity index (χ0v) is 14.7. The Morgan fingerprint density at radius 1 is 1.08 bits per heavy atom. The molecule has 0 bridgehead atoms. The van der Waals surface area contributed by atoms with Gasteiger partial charge in [0.05, 0.1) is 6.04 Å². The van der Waals surface area contributed by atoms with Gasteiger partial charge in [-0.3, -0.25) is 9.59 Å². The normalized spacial score (nSPS) is 18.8. The summed E-state index contributed by atoms with van der Waals surface area (Å²) < 4.78 is 2.20. The lowest BCUT2D eigenvalue weighted by Gasteiger charge is -2.35. The van der Waals surface area contributed by atoms with Crippen LogP contribution in [0.3, 0.4) is 0 Å². The molecule has 2 aliphatic rings. The summed E-state index contributed by atoms with van der Waals surface area (Å²) in [7, 11) is 0. The number of amides is 1. The van der Waals surface area contributed by atoms with Gasteiger partial charge >= 0.3 is 0 Å². The quantitative estimate of drug-likeness (QED) is 0.802. The fourth-order valence-electron chi connectivity index (χ4n) is 4.17. The number of ketones is 1. The molecule has 25 heavy (non-hydrogen) atoms. The zero-order valence-electron chi connectivity index (χ0n) is 14.7. The minimum atomic E-state index is 0.0753. The van der Waals surface area contributed by atoms with E-state index in [0.29, 0.717) is 19.4 Å². The van der Waals surface area contributed by atoms with Gasteiger partial charge in [-0.05, 0) is 55.5 Å². The van der Waals surface area contributed by atoms with Crippen molar-refractivity contribution in [3.05, 3.63) is 58.9 Å². The van der Waals surface area contributed by atoms with Crippen LogP contribution in [0.4, 0.5) is 0 Å². The molecule has 0 spiro atoms. The first-order valence-electron chi connectivity index (χ1n) is 9.23. The highest BCUT2D eigenvalue weighted by atomic mass is 16.2. The third kappa shape index (κ3) is 3.01. The molecule has 0 saturated heterocycles. The van der Waals surface area contributed by atoms with E-state index in [9.17, 15) is 9.59 Å². The molecule has 2 aromatic rings. The Balaban J connectivity index is 1.38. The molecule has 1 aliphatic carbocycles. The number of rotatable bonds is 4. The lowest BCUT2D eigenvalue weighted by Crippen LogP contribution is -2.40. The van der Waals surface area contributed by atoms with Gasteiger partial charge in [-0.25, -0.2) is 0 Å². The van der Waals surface area contributed by atoms with Crippen LogP contribution in [0.5, 0.6) is 0 Å². The van der Waals surface area contributed by atoms with E-state index < -0.39 is 0 Å². The molecule has 4 heteroatoms. The molecule has 4 nitrogen and oxygen atoms in total. The van der Waals surface area contributed by atoms with Crippen molar-refractivity contribution in [2.75, 3.05) is 6.54 Å². The van der Waals surface area contributed by atoms with E-state index in [0.717, 1.165) is 24.9 Å². The van der Waals surface area contributed by atoms with Gasteiger partial charge in [-0.15, -0.1) is 0 Å². The summed E-state index contributed by atoms with van der Waals surface area (Å²) in [5.74, 6) is 0.158. The number of aryl methyl sites for hydroxylation is 2. The van der Waals surface area contributed by atoms with Crippen molar-refractivity contribution in [3.8, 4) is 0 Å². The molecule has 0 fully saturated rings. The van der Waals surface area contributed by atoms with E-state index in [1.165, 1.54) is 23.2 Å². The van der Waals surface area contributed by atoms with Gasteiger partial charge in [0.25, 0.3) is 0 Å². The Bertz CT molecular complexity index is 821. The Morgan fingerprint density at radius 3 is 2.80 bits per heavy atom. The van der Waals surface area contributed by atoms with Crippen LogP contribution in [0.25, 0.3) is 0 Å². The molecular formula is C21H24N2O2. The van der Waals surface area contributed by atoms with Gasteiger partial charge in [0.1, 0.15) is 0 Å². The highest BCUT2D eigenvalue weighted by Crippen LogP contribution is 2.27. The van der Waals surface area contributed by atoms with Crippen LogP contribution in [0.15, 0.2) is 36.5 Å². The number of aromatic nitrogens is 1. The van der Waals surface area contributed by atoms with Crippen molar-refractivity contribution in [2.45, 2.75) is 51.6 Å². The van der Waals surface area contributed by atoms with Gasteiger partial charge < -0.3 is 9.47 Å². The maximum atomic E-state index is 12.6. The number of Topliss-reactive ketones (excluding diaryl/α,β-unsaturated/α-hetero) is 1. The standard InChI is InChI=1S/C21H24N2O2/c1-15-19-6-3-11-22(19)12-13-23(15)21(25)10-9-20(24)18-8-7-16-4-2-5-17(16)14-18/h3,6-8,11,14-15H,2,4-5,9-10,12-13H2,1H3/t15-/m0/s1. The predicted molar refractivity (Wildman–Crippen MR) is 96.6 cm³/mol. The molecule has 1 aromatic heterocycles. The number of fused-ring (bicyclic) bond motifs is 2. The monoisotopic (exact) mass is 336 g/mol. The van der Waals surface area contributed by atoms with E-state index >= 15 is 0 Å². The highest BCUT2D eigenvalue weighted by molar-refractivity contribution is 5.98. The van der Waals surface area contributed by atoms with Gasteiger partial charge in [-0.2, -0.15) is 0 Å². The fraction of sp³-hybridized carbons (Fsp3) is 0.429. The van der Waals surface area contributed by atoms with Crippen molar-refractivity contribution in [3.63, 3.8) is 0 Å². The van der Waals surface area contributed by atoms with E-state index in [2.05, 4.69) is 29.8 Å². The van der Waals surface area contributed by atoms with Crippen LogP contribution in [-0.4, -0.2) is 27.7 Å². The van der Waals surface area contributed by atoms with Gasteiger partial charge in [0, 0.05) is 43.4 Å². The summed E-state index contributed by atoms with van der Waals surface area (Å²) in [4.78, 5) is 27.0. The number of hydrogen-bond donors (Lipinski definition) is 0. The van der Waals surface area contributed by atoms with E-state index in [1.807, 2.05) is 23.1 Å². The summed E-state index contributed by atoms with van der Waals surface area (Å²) >= 11 is 0.